The maximum Gasteiger partial charge on any atom is 0.333 e. The van der Waals surface area contributed by atoms with E-state index in [4.69, 9.17) is 9.47 Å². The van der Waals surface area contributed by atoms with Gasteiger partial charge in [0.1, 0.15) is 0 Å². The predicted molar refractivity (Wildman–Crippen MR) is 77.7 cm³/mol. The fourth-order valence-electron chi connectivity index (χ4n) is 2.94. The number of ether oxygens (including phenoxy) is 2. The molecule has 2 aliphatic rings. The molecule has 118 valence electrons. The summed E-state index contributed by atoms with van der Waals surface area (Å²) in [5, 5.41) is 3.00. The summed E-state index contributed by atoms with van der Waals surface area (Å²) in [7, 11) is 0. The van der Waals surface area contributed by atoms with Gasteiger partial charge in [0.2, 0.25) is 5.91 Å². The van der Waals surface area contributed by atoms with E-state index in [0.29, 0.717) is 26.2 Å². The number of hydrogen-bond donors (Lipinski definition) is 1. The Balaban J connectivity index is 2.14. The molecule has 0 spiro atoms. The molecule has 1 fully saturated rings. The van der Waals surface area contributed by atoms with Crippen LogP contribution in [0.1, 0.15) is 26.7 Å². The molecule has 0 unspecified atom stereocenters. The van der Waals surface area contributed by atoms with Gasteiger partial charge in [-0.15, -0.1) is 0 Å². The smallest absolute Gasteiger partial charge is 0.333 e. The van der Waals surface area contributed by atoms with Gasteiger partial charge in [-0.1, -0.05) is 6.08 Å². The standard InChI is InChI=1S/C15H24N2O4/c1-3-21-15(19)12-4-5-13(16-11(2)18)14(10-12)17-6-8-20-9-7-17/h10,13-14H,3-9H2,1-2H3,(H,16,18)/t13-,14-/m1/s1. The van der Waals surface area contributed by atoms with Gasteiger partial charge in [0.15, 0.2) is 0 Å². The normalized spacial score (nSPS) is 26.9. The summed E-state index contributed by atoms with van der Waals surface area (Å²) < 4.78 is 10.5. The molecule has 1 N–H and O–H groups in total. The molecule has 6 nitrogen and oxygen atoms in total. The molecule has 6 heteroatoms. The first-order valence-corrected chi connectivity index (χ1v) is 7.58. The minimum Gasteiger partial charge on any atom is -0.463 e. The van der Waals surface area contributed by atoms with Crippen molar-refractivity contribution < 1.29 is 19.1 Å². The molecule has 0 bridgehead atoms. The Morgan fingerprint density at radius 2 is 2.14 bits per heavy atom. The summed E-state index contributed by atoms with van der Waals surface area (Å²) in [5.41, 5.74) is 0.718. The Morgan fingerprint density at radius 1 is 1.43 bits per heavy atom. The molecule has 0 saturated carbocycles. The van der Waals surface area contributed by atoms with Gasteiger partial charge >= 0.3 is 5.97 Å². The fourth-order valence-corrected chi connectivity index (χ4v) is 2.94. The molecule has 2 atom stereocenters. The van der Waals surface area contributed by atoms with Gasteiger partial charge in [0.05, 0.1) is 19.8 Å². The van der Waals surface area contributed by atoms with Crippen LogP contribution < -0.4 is 5.32 Å². The van der Waals surface area contributed by atoms with Crippen LogP contribution in [-0.4, -0.2) is 61.8 Å². The van der Waals surface area contributed by atoms with Crippen molar-refractivity contribution in [1.29, 1.82) is 0 Å². The van der Waals surface area contributed by atoms with Crippen molar-refractivity contribution in [1.82, 2.24) is 10.2 Å². The van der Waals surface area contributed by atoms with Crippen LogP contribution in [-0.2, 0) is 19.1 Å². The van der Waals surface area contributed by atoms with Crippen LogP contribution in [0.5, 0.6) is 0 Å². The van der Waals surface area contributed by atoms with Crippen LogP contribution in [0.25, 0.3) is 0 Å². The number of esters is 1. The van der Waals surface area contributed by atoms with Crippen molar-refractivity contribution in [2.24, 2.45) is 0 Å². The summed E-state index contributed by atoms with van der Waals surface area (Å²) in [6, 6.07) is 0.0738. The lowest BCUT2D eigenvalue weighted by Crippen LogP contribution is -2.55. The molecular weight excluding hydrogens is 272 g/mol. The van der Waals surface area contributed by atoms with E-state index in [0.717, 1.165) is 25.1 Å². The van der Waals surface area contributed by atoms with Gasteiger partial charge < -0.3 is 14.8 Å². The Hall–Kier alpha value is -1.40. The third-order valence-electron chi connectivity index (χ3n) is 3.90. The Labute approximate surface area is 125 Å². The minimum atomic E-state index is -0.239. The van der Waals surface area contributed by atoms with Crippen molar-refractivity contribution in [3.8, 4) is 0 Å². The van der Waals surface area contributed by atoms with E-state index >= 15 is 0 Å². The van der Waals surface area contributed by atoms with Crippen molar-refractivity contribution in [2.45, 2.75) is 38.8 Å². The van der Waals surface area contributed by atoms with E-state index in [1.54, 1.807) is 6.92 Å². The second kappa shape index (κ2) is 7.56. The van der Waals surface area contributed by atoms with Crippen LogP contribution in [0.4, 0.5) is 0 Å². The summed E-state index contributed by atoms with van der Waals surface area (Å²) in [5.74, 6) is -0.275. The van der Waals surface area contributed by atoms with E-state index < -0.39 is 0 Å². The summed E-state index contributed by atoms with van der Waals surface area (Å²) in [6.07, 6.45) is 3.37. The third kappa shape index (κ3) is 4.28. The Morgan fingerprint density at radius 3 is 2.76 bits per heavy atom. The third-order valence-corrected chi connectivity index (χ3v) is 3.90. The molecular formula is C15H24N2O4. The number of rotatable bonds is 4. The van der Waals surface area contributed by atoms with E-state index in [9.17, 15) is 9.59 Å². The van der Waals surface area contributed by atoms with Crippen LogP contribution in [0.2, 0.25) is 0 Å². The quantitative estimate of drug-likeness (QED) is 0.764. The highest BCUT2D eigenvalue weighted by Gasteiger charge is 2.32. The fraction of sp³-hybridized carbons (Fsp3) is 0.733. The SMILES string of the molecule is CCOC(=O)C1=C[C@@H](N2CCOCC2)[C@H](NC(C)=O)CC1. The summed E-state index contributed by atoms with van der Waals surface area (Å²) >= 11 is 0. The largest absolute Gasteiger partial charge is 0.463 e. The van der Waals surface area contributed by atoms with Crippen molar-refractivity contribution in [3.05, 3.63) is 11.6 Å². The average Bonchev–Trinajstić information content (AvgIpc) is 2.48. The van der Waals surface area contributed by atoms with E-state index in [1.165, 1.54) is 6.92 Å². The maximum absolute atomic E-state index is 11.9. The topological polar surface area (TPSA) is 67.9 Å². The summed E-state index contributed by atoms with van der Waals surface area (Å²) in [6.45, 7) is 6.72. The number of hydrogen-bond acceptors (Lipinski definition) is 5. The molecule has 1 aliphatic carbocycles. The second-order valence-electron chi connectivity index (χ2n) is 5.40. The molecule has 1 aliphatic heterocycles. The van der Waals surface area contributed by atoms with Gasteiger partial charge in [-0.2, -0.15) is 0 Å². The number of nitrogens with one attached hydrogen (secondary N) is 1. The Bertz CT molecular complexity index is 416. The van der Waals surface area contributed by atoms with Crippen LogP contribution in [0.3, 0.4) is 0 Å². The predicted octanol–water partition coefficient (Wildman–Crippen LogP) is 0.475. The van der Waals surface area contributed by atoms with Gasteiger partial charge in [-0.05, 0) is 19.8 Å². The first kappa shape index (κ1) is 16.0. The number of nitrogens with zero attached hydrogens (tertiary/aromatic N) is 1. The van der Waals surface area contributed by atoms with Gasteiger partial charge in [0, 0.05) is 37.7 Å². The highest BCUT2D eigenvalue weighted by molar-refractivity contribution is 5.88. The first-order valence-electron chi connectivity index (χ1n) is 7.58. The van der Waals surface area contributed by atoms with E-state index in [2.05, 4.69) is 10.2 Å². The van der Waals surface area contributed by atoms with Gasteiger partial charge in [-0.25, -0.2) is 4.79 Å². The molecule has 1 saturated heterocycles. The molecule has 2 rings (SSSR count). The zero-order valence-electron chi connectivity index (χ0n) is 12.8. The average molecular weight is 296 g/mol. The van der Waals surface area contributed by atoms with Crippen LogP contribution >= 0.6 is 0 Å². The van der Waals surface area contributed by atoms with E-state index in [-0.39, 0.29) is 24.0 Å². The zero-order chi connectivity index (χ0) is 15.2. The highest BCUT2D eigenvalue weighted by Crippen LogP contribution is 2.24. The molecule has 1 heterocycles. The van der Waals surface area contributed by atoms with Gasteiger partial charge in [-0.3, -0.25) is 9.69 Å². The lowest BCUT2D eigenvalue weighted by molar-refractivity contribution is -0.138. The number of morpholine rings is 1. The lowest BCUT2D eigenvalue weighted by atomic mass is 9.89. The molecule has 0 aromatic rings. The molecule has 0 aromatic heterocycles. The van der Waals surface area contributed by atoms with Crippen molar-refractivity contribution in [2.75, 3.05) is 32.9 Å². The first-order chi connectivity index (χ1) is 10.1. The maximum atomic E-state index is 11.9. The zero-order valence-corrected chi connectivity index (χ0v) is 12.8. The van der Waals surface area contributed by atoms with Crippen molar-refractivity contribution >= 4 is 11.9 Å². The van der Waals surface area contributed by atoms with Crippen LogP contribution in [0, 0.1) is 0 Å². The second-order valence-corrected chi connectivity index (χ2v) is 5.40. The molecule has 21 heavy (non-hydrogen) atoms. The number of amides is 1. The molecule has 0 aromatic carbocycles. The Kier molecular flexibility index (Phi) is 5.76. The number of carbonyl (C=O) groups is 2. The van der Waals surface area contributed by atoms with E-state index in [1.807, 2.05) is 6.08 Å². The molecule has 1 amide bonds. The summed E-state index contributed by atoms with van der Waals surface area (Å²) in [4.78, 5) is 25.6. The van der Waals surface area contributed by atoms with Crippen molar-refractivity contribution in [3.63, 3.8) is 0 Å². The number of carbonyl (C=O) groups excluding carboxylic acids is 2. The lowest BCUT2D eigenvalue weighted by Gasteiger charge is -2.40. The van der Waals surface area contributed by atoms with Crippen LogP contribution in [0.15, 0.2) is 11.6 Å². The van der Waals surface area contributed by atoms with Gasteiger partial charge in [0.25, 0.3) is 0 Å². The minimum absolute atomic E-state index is 0.0333. The monoisotopic (exact) mass is 296 g/mol. The molecule has 0 radical (unpaired) electrons. The highest BCUT2D eigenvalue weighted by atomic mass is 16.5.